The summed E-state index contributed by atoms with van der Waals surface area (Å²) in [6.07, 6.45) is 12.5. The molecular formula is C13H23F3N2O3S. The van der Waals surface area contributed by atoms with Crippen LogP contribution >= 0.6 is 0 Å². The van der Waals surface area contributed by atoms with Crippen LogP contribution in [-0.4, -0.2) is 28.0 Å². The Morgan fingerprint density at radius 2 is 1.86 bits per heavy atom. The van der Waals surface area contributed by atoms with Crippen LogP contribution in [0.2, 0.25) is 0 Å². The van der Waals surface area contributed by atoms with Gasteiger partial charge >= 0.3 is 15.6 Å². The van der Waals surface area contributed by atoms with Gasteiger partial charge in [0.1, 0.15) is 0 Å². The Morgan fingerprint density at radius 1 is 1.27 bits per heavy atom. The quantitative estimate of drug-likeness (QED) is 0.463. The zero-order chi connectivity index (χ0) is 17.2. The van der Waals surface area contributed by atoms with Gasteiger partial charge in [-0.05, 0) is 12.3 Å². The van der Waals surface area contributed by atoms with Gasteiger partial charge in [0.15, 0.2) is 0 Å². The summed E-state index contributed by atoms with van der Waals surface area (Å²) < 4.78 is 59.7. The third kappa shape index (κ3) is 9.78. The van der Waals surface area contributed by atoms with E-state index in [2.05, 4.69) is 23.4 Å². The predicted octanol–water partition coefficient (Wildman–Crippen LogP) is 3.88. The highest BCUT2D eigenvalue weighted by molar-refractivity contribution is 7.86. The standard InChI is InChI=1S/C12H22N2.CHF3O3S/c1-3-4-5-6-12(2)7-9-14-10-8-13-11-14;2-1(3,4)8(5,6)7/h8,10-12H,3-7,9H2,1-2H3;(H,5,6,7). The molecule has 1 aromatic heterocycles. The fraction of sp³-hybridized carbons (Fsp3) is 0.769. The highest BCUT2D eigenvalue weighted by Gasteiger charge is 2.44. The van der Waals surface area contributed by atoms with Crippen molar-refractivity contribution in [3.05, 3.63) is 18.7 Å². The first kappa shape index (κ1) is 20.9. The fourth-order valence-electron chi connectivity index (χ4n) is 1.68. The molecule has 1 aromatic rings. The van der Waals surface area contributed by atoms with Gasteiger partial charge in [0, 0.05) is 18.9 Å². The number of hydrogen-bond acceptors (Lipinski definition) is 3. The molecule has 1 heterocycles. The van der Waals surface area contributed by atoms with Crippen molar-refractivity contribution in [2.75, 3.05) is 0 Å². The third-order valence-electron chi connectivity index (χ3n) is 3.03. The normalized spacial score (nSPS) is 13.4. The Labute approximate surface area is 129 Å². The lowest BCUT2D eigenvalue weighted by Gasteiger charge is -2.10. The monoisotopic (exact) mass is 344 g/mol. The summed E-state index contributed by atoms with van der Waals surface area (Å²) in [5.74, 6) is 0.851. The Hall–Kier alpha value is -1.09. The van der Waals surface area contributed by atoms with E-state index in [1.54, 1.807) is 0 Å². The van der Waals surface area contributed by atoms with E-state index in [4.69, 9.17) is 13.0 Å². The van der Waals surface area contributed by atoms with Crippen molar-refractivity contribution in [2.45, 2.75) is 58.0 Å². The van der Waals surface area contributed by atoms with Crippen LogP contribution < -0.4 is 0 Å². The zero-order valence-electron chi connectivity index (χ0n) is 12.8. The minimum atomic E-state index is -5.84. The molecule has 0 spiro atoms. The van der Waals surface area contributed by atoms with Crippen LogP contribution in [0.25, 0.3) is 0 Å². The van der Waals surface area contributed by atoms with Gasteiger partial charge in [0.2, 0.25) is 0 Å². The number of nitrogens with zero attached hydrogens (tertiary/aromatic N) is 2. The molecule has 0 aliphatic carbocycles. The number of aromatic nitrogens is 2. The Bertz CT molecular complexity index is 487. The smallest absolute Gasteiger partial charge is 0.337 e. The van der Waals surface area contributed by atoms with Gasteiger partial charge in [-0.1, -0.05) is 39.5 Å². The molecule has 0 aliphatic rings. The number of alkyl halides is 3. The first-order valence-corrected chi connectivity index (χ1v) is 8.51. The molecule has 0 fully saturated rings. The largest absolute Gasteiger partial charge is 0.522 e. The van der Waals surface area contributed by atoms with Crippen molar-refractivity contribution in [1.82, 2.24) is 9.55 Å². The molecule has 0 radical (unpaired) electrons. The maximum Gasteiger partial charge on any atom is 0.522 e. The number of imidazole rings is 1. The average Bonchev–Trinajstić information content (AvgIpc) is 2.88. The van der Waals surface area contributed by atoms with Crippen molar-refractivity contribution in [1.29, 1.82) is 0 Å². The zero-order valence-corrected chi connectivity index (χ0v) is 13.6. The summed E-state index contributed by atoms with van der Waals surface area (Å²) >= 11 is 0. The van der Waals surface area contributed by atoms with Crippen LogP contribution in [0.4, 0.5) is 13.2 Å². The second-order valence-corrected chi connectivity index (χ2v) is 6.52. The summed E-state index contributed by atoms with van der Waals surface area (Å²) in [5, 5.41) is 0. The van der Waals surface area contributed by atoms with E-state index in [-0.39, 0.29) is 0 Å². The maximum atomic E-state index is 10.7. The summed E-state index contributed by atoms with van der Waals surface area (Å²) in [6, 6.07) is 0. The van der Waals surface area contributed by atoms with Crippen molar-refractivity contribution >= 4 is 10.1 Å². The van der Waals surface area contributed by atoms with Crippen molar-refractivity contribution in [2.24, 2.45) is 5.92 Å². The SMILES string of the molecule is CCCCCC(C)CCn1ccnc1.O=S(=O)(O)C(F)(F)F. The highest BCUT2D eigenvalue weighted by atomic mass is 32.2. The van der Waals surface area contributed by atoms with Crippen LogP contribution in [0, 0.1) is 5.92 Å². The van der Waals surface area contributed by atoms with E-state index < -0.39 is 15.6 Å². The van der Waals surface area contributed by atoms with Crippen molar-refractivity contribution in [3.8, 4) is 0 Å². The number of hydrogen-bond donors (Lipinski definition) is 1. The predicted molar refractivity (Wildman–Crippen MR) is 77.8 cm³/mol. The third-order valence-corrected chi connectivity index (χ3v) is 3.62. The highest BCUT2D eigenvalue weighted by Crippen LogP contribution is 2.20. The van der Waals surface area contributed by atoms with Gasteiger partial charge in [-0.25, -0.2) is 4.98 Å². The molecule has 0 saturated carbocycles. The topological polar surface area (TPSA) is 72.2 Å². The van der Waals surface area contributed by atoms with Gasteiger partial charge in [-0.3, -0.25) is 4.55 Å². The van der Waals surface area contributed by atoms with Crippen molar-refractivity contribution < 1.29 is 26.1 Å². The Kier molecular flexibility index (Phi) is 9.34. The Balaban J connectivity index is 0.000000472. The molecule has 22 heavy (non-hydrogen) atoms. The van der Waals surface area contributed by atoms with Gasteiger partial charge in [-0.15, -0.1) is 0 Å². The second-order valence-electron chi connectivity index (χ2n) is 5.11. The van der Waals surface area contributed by atoms with Crippen molar-refractivity contribution in [3.63, 3.8) is 0 Å². The van der Waals surface area contributed by atoms with Gasteiger partial charge in [-0.2, -0.15) is 21.6 Å². The minimum Gasteiger partial charge on any atom is -0.337 e. The molecule has 0 aliphatic heterocycles. The van der Waals surface area contributed by atoms with E-state index in [1.165, 1.54) is 32.1 Å². The lowest BCUT2D eigenvalue weighted by Crippen LogP contribution is -2.21. The molecular weight excluding hydrogens is 321 g/mol. The molecule has 0 amide bonds. The first-order chi connectivity index (χ1) is 10.1. The minimum absolute atomic E-state index is 0.851. The molecule has 0 aromatic carbocycles. The van der Waals surface area contributed by atoms with E-state index in [0.717, 1.165) is 12.5 Å². The van der Waals surface area contributed by atoms with Crippen LogP contribution in [0.1, 0.15) is 46.0 Å². The molecule has 1 rings (SSSR count). The molecule has 130 valence electrons. The summed E-state index contributed by atoms with van der Waals surface area (Å²) in [6.45, 7) is 5.73. The average molecular weight is 344 g/mol. The lowest BCUT2D eigenvalue weighted by atomic mass is 10.00. The number of unbranched alkanes of at least 4 members (excludes halogenated alkanes) is 2. The summed E-state index contributed by atoms with van der Waals surface area (Å²) in [4.78, 5) is 4.04. The van der Waals surface area contributed by atoms with E-state index in [0.29, 0.717) is 0 Å². The van der Waals surface area contributed by atoms with E-state index >= 15 is 0 Å². The van der Waals surface area contributed by atoms with Crippen LogP contribution in [0.3, 0.4) is 0 Å². The summed E-state index contributed by atoms with van der Waals surface area (Å²) in [7, 11) is -5.84. The van der Waals surface area contributed by atoms with Crippen LogP contribution in [0.15, 0.2) is 18.7 Å². The number of rotatable bonds is 7. The first-order valence-electron chi connectivity index (χ1n) is 7.07. The van der Waals surface area contributed by atoms with E-state index in [9.17, 15) is 13.2 Å². The molecule has 1 unspecified atom stereocenters. The Morgan fingerprint density at radius 3 is 2.27 bits per heavy atom. The van der Waals surface area contributed by atoms with E-state index in [1.807, 2.05) is 18.7 Å². The number of halogens is 3. The molecule has 1 atom stereocenters. The molecule has 0 saturated heterocycles. The maximum absolute atomic E-state index is 10.7. The number of aryl methyl sites for hydroxylation is 1. The lowest BCUT2D eigenvalue weighted by molar-refractivity contribution is -0.0510. The van der Waals surface area contributed by atoms with Gasteiger partial charge < -0.3 is 4.57 Å². The second kappa shape index (κ2) is 9.83. The molecule has 0 bridgehead atoms. The molecule has 9 heteroatoms. The summed E-state index contributed by atoms with van der Waals surface area (Å²) in [5.41, 5.74) is -5.53. The van der Waals surface area contributed by atoms with Gasteiger partial charge in [0.05, 0.1) is 6.33 Å². The molecule has 1 N–H and O–H groups in total. The van der Waals surface area contributed by atoms with Gasteiger partial charge in [0.25, 0.3) is 0 Å². The molecule has 5 nitrogen and oxygen atoms in total. The van der Waals surface area contributed by atoms with Crippen LogP contribution in [-0.2, 0) is 16.7 Å². The van der Waals surface area contributed by atoms with Crippen LogP contribution in [0.5, 0.6) is 0 Å². The fourth-order valence-corrected chi connectivity index (χ4v) is 1.68.